The molecule has 6 nitrogen and oxygen atoms in total. The lowest BCUT2D eigenvalue weighted by Crippen LogP contribution is -2.47. The molecule has 4 bridgehead atoms. The van der Waals surface area contributed by atoms with E-state index in [1.165, 1.54) is 38.5 Å². The summed E-state index contributed by atoms with van der Waals surface area (Å²) in [5, 5.41) is 7.04. The highest BCUT2D eigenvalue weighted by Crippen LogP contribution is 2.61. The van der Waals surface area contributed by atoms with Crippen molar-refractivity contribution < 1.29 is 9.32 Å². The summed E-state index contributed by atoms with van der Waals surface area (Å²) in [5.74, 6) is 3.01. The minimum absolute atomic E-state index is 0.0370. The first-order valence-corrected chi connectivity index (χ1v) is 11.5. The van der Waals surface area contributed by atoms with Gasteiger partial charge in [-0.05, 0) is 105 Å². The van der Waals surface area contributed by atoms with E-state index in [1.54, 1.807) is 0 Å². The summed E-state index contributed by atoms with van der Waals surface area (Å²) in [5.41, 5.74) is 2.34. The van der Waals surface area contributed by atoms with Gasteiger partial charge >= 0.3 is 11.8 Å². The Bertz CT molecular complexity index is 1030. The molecule has 4 fully saturated rings. The van der Waals surface area contributed by atoms with E-state index in [-0.39, 0.29) is 11.8 Å². The second-order valence-corrected chi connectivity index (χ2v) is 9.98. The van der Waals surface area contributed by atoms with E-state index < -0.39 is 0 Å². The van der Waals surface area contributed by atoms with Crippen LogP contribution in [0.25, 0.3) is 17.1 Å². The number of benzene rings is 1. The third kappa shape index (κ3) is 3.58. The number of carbonyl (C=O) groups is 1. The van der Waals surface area contributed by atoms with Crippen LogP contribution in [0.2, 0.25) is 0 Å². The molecule has 4 aliphatic carbocycles. The standard InChI is InChI=1S/C25H28N4O2/c30-23(26-8-7-25-14-17-11-18(15-25)13-19(12-17)16-25)24-27-22(28-31-24)20-3-5-21(6-4-20)29-9-1-2-10-29/h1-6,9-10,17-19H,7-8,11-16H2,(H,26,30). The molecule has 0 atom stereocenters. The van der Waals surface area contributed by atoms with Gasteiger partial charge in [0, 0.05) is 30.2 Å². The van der Waals surface area contributed by atoms with Gasteiger partial charge in [0.05, 0.1) is 0 Å². The zero-order valence-corrected chi connectivity index (χ0v) is 17.7. The van der Waals surface area contributed by atoms with Gasteiger partial charge in [0.15, 0.2) is 0 Å². The van der Waals surface area contributed by atoms with E-state index in [4.69, 9.17) is 4.52 Å². The number of hydrogen-bond donors (Lipinski definition) is 1. The predicted molar refractivity (Wildman–Crippen MR) is 117 cm³/mol. The van der Waals surface area contributed by atoms with E-state index in [9.17, 15) is 4.79 Å². The van der Waals surface area contributed by atoms with Crippen LogP contribution in [-0.4, -0.2) is 27.2 Å². The quantitative estimate of drug-likeness (QED) is 0.623. The summed E-state index contributed by atoms with van der Waals surface area (Å²) in [4.78, 5) is 16.9. The van der Waals surface area contributed by atoms with Crippen LogP contribution in [0.3, 0.4) is 0 Å². The van der Waals surface area contributed by atoms with Crippen LogP contribution in [0.4, 0.5) is 0 Å². The Labute approximate surface area is 182 Å². The molecule has 0 aliphatic heterocycles. The largest absolute Gasteiger partial charge is 0.348 e. The molecule has 4 saturated carbocycles. The lowest BCUT2D eigenvalue weighted by atomic mass is 9.49. The fourth-order valence-corrected chi connectivity index (χ4v) is 6.84. The van der Waals surface area contributed by atoms with E-state index in [2.05, 4.69) is 15.5 Å². The van der Waals surface area contributed by atoms with Gasteiger partial charge in [0.25, 0.3) is 0 Å². The maximum atomic E-state index is 12.6. The molecule has 31 heavy (non-hydrogen) atoms. The summed E-state index contributed by atoms with van der Waals surface area (Å²) in [7, 11) is 0. The molecule has 0 saturated heterocycles. The van der Waals surface area contributed by atoms with E-state index in [0.717, 1.165) is 35.4 Å². The average Bonchev–Trinajstić information content (AvgIpc) is 3.45. The van der Waals surface area contributed by atoms with Crippen molar-refractivity contribution in [2.24, 2.45) is 23.2 Å². The van der Waals surface area contributed by atoms with Crippen molar-refractivity contribution in [3.8, 4) is 17.1 Å². The van der Waals surface area contributed by atoms with Crippen LogP contribution in [0, 0.1) is 23.2 Å². The van der Waals surface area contributed by atoms with Gasteiger partial charge in [0.1, 0.15) is 0 Å². The molecule has 4 aliphatic rings. The third-order valence-electron chi connectivity index (χ3n) is 7.75. The number of aromatic nitrogens is 3. The molecule has 0 unspecified atom stereocenters. The Morgan fingerprint density at radius 3 is 2.32 bits per heavy atom. The van der Waals surface area contributed by atoms with Crippen LogP contribution in [0.1, 0.15) is 55.6 Å². The highest BCUT2D eigenvalue weighted by atomic mass is 16.5. The molecule has 3 aromatic rings. The molecule has 0 spiro atoms. The molecule has 160 valence electrons. The third-order valence-corrected chi connectivity index (χ3v) is 7.75. The van der Waals surface area contributed by atoms with Gasteiger partial charge in [-0.25, -0.2) is 0 Å². The molecule has 1 aromatic carbocycles. The van der Waals surface area contributed by atoms with Gasteiger partial charge in [0.2, 0.25) is 5.82 Å². The topological polar surface area (TPSA) is 73.0 Å². The summed E-state index contributed by atoms with van der Waals surface area (Å²) >= 11 is 0. The maximum Gasteiger partial charge on any atom is 0.316 e. The average molecular weight is 417 g/mol. The molecule has 0 radical (unpaired) electrons. The van der Waals surface area contributed by atoms with Crippen LogP contribution >= 0.6 is 0 Å². The minimum Gasteiger partial charge on any atom is -0.348 e. The predicted octanol–water partition coefficient (Wildman–Crippen LogP) is 4.86. The van der Waals surface area contributed by atoms with E-state index in [1.807, 2.05) is 53.4 Å². The van der Waals surface area contributed by atoms with Crippen LogP contribution in [0.15, 0.2) is 53.3 Å². The first-order valence-electron chi connectivity index (χ1n) is 11.5. The van der Waals surface area contributed by atoms with Crippen molar-refractivity contribution >= 4 is 5.91 Å². The molecular weight excluding hydrogens is 388 g/mol. The lowest BCUT2D eigenvalue weighted by molar-refractivity contribution is -0.0564. The number of nitrogens with one attached hydrogen (secondary N) is 1. The number of carbonyl (C=O) groups excluding carboxylic acids is 1. The monoisotopic (exact) mass is 416 g/mol. The summed E-state index contributed by atoms with van der Waals surface area (Å²) in [6, 6.07) is 11.8. The summed E-state index contributed by atoms with van der Waals surface area (Å²) in [6.45, 7) is 0.689. The maximum absolute atomic E-state index is 12.6. The van der Waals surface area contributed by atoms with Gasteiger partial charge in [-0.15, -0.1) is 0 Å². The second-order valence-electron chi connectivity index (χ2n) is 9.98. The number of hydrogen-bond acceptors (Lipinski definition) is 4. The SMILES string of the molecule is O=C(NCCC12CC3CC(CC(C3)C1)C2)c1nc(-c2ccc(-n3cccc3)cc2)no1. The smallest absolute Gasteiger partial charge is 0.316 e. The van der Waals surface area contributed by atoms with Gasteiger partial charge in [-0.1, -0.05) is 5.16 Å². The van der Waals surface area contributed by atoms with Crippen molar-refractivity contribution in [2.75, 3.05) is 6.54 Å². The Morgan fingerprint density at radius 2 is 1.68 bits per heavy atom. The van der Waals surface area contributed by atoms with E-state index in [0.29, 0.717) is 17.8 Å². The molecule has 1 amide bonds. The van der Waals surface area contributed by atoms with Crippen molar-refractivity contribution in [3.05, 3.63) is 54.7 Å². The zero-order valence-electron chi connectivity index (χ0n) is 17.7. The van der Waals surface area contributed by atoms with Crippen LogP contribution in [-0.2, 0) is 0 Å². The second kappa shape index (κ2) is 7.36. The highest BCUT2D eigenvalue weighted by Gasteiger charge is 2.50. The highest BCUT2D eigenvalue weighted by molar-refractivity contribution is 5.89. The van der Waals surface area contributed by atoms with Crippen molar-refractivity contribution in [1.82, 2.24) is 20.0 Å². The molecular formula is C25H28N4O2. The fraction of sp³-hybridized carbons (Fsp3) is 0.480. The molecule has 1 N–H and O–H groups in total. The number of amides is 1. The number of nitrogens with zero attached hydrogens (tertiary/aromatic N) is 3. The Hall–Kier alpha value is -2.89. The van der Waals surface area contributed by atoms with E-state index >= 15 is 0 Å². The van der Waals surface area contributed by atoms with Gasteiger partial charge in [-0.2, -0.15) is 4.98 Å². The zero-order chi connectivity index (χ0) is 20.8. The molecule has 6 heteroatoms. The molecule has 7 rings (SSSR count). The van der Waals surface area contributed by atoms with Crippen LogP contribution < -0.4 is 5.32 Å². The summed E-state index contributed by atoms with van der Waals surface area (Å²) < 4.78 is 7.28. The fourth-order valence-electron chi connectivity index (χ4n) is 6.84. The number of rotatable bonds is 6. The van der Waals surface area contributed by atoms with Crippen molar-refractivity contribution in [1.29, 1.82) is 0 Å². The summed E-state index contributed by atoms with van der Waals surface area (Å²) in [6.07, 6.45) is 13.5. The van der Waals surface area contributed by atoms with Crippen LogP contribution in [0.5, 0.6) is 0 Å². The van der Waals surface area contributed by atoms with Gasteiger partial charge < -0.3 is 14.4 Å². The first-order chi connectivity index (χ1) is 15.2. The van der Waals surface area contributed by atoms with Crippen molar-refractivity contribution in [2.45, 2.75) is 44.9 Å². The lowest BCUT2D eigenvalue weighted by Gasteiger charge is -2.57. The van der Waals surface area contributed by atoms with Gasteiger partial charge in [-0.3, -0.25) is 4.79 Å². The Morgan fingerprint density at radius 1 is 1.03 bits per heavy atom. The first kappa shape index (κ1) is 18.8. The minimum atomic E-state index is -0.271. The van der Waals surface area contributed by atoms with Crippen molar-refractivity contribution in [3.63, 3.8) is 0 Å². The Balaban J connectivity index is 1.07. The Kier molecular flexibility index (Phi) is 4.47. The normalized spacial score (nSPS) is 28.7. The molecule has 2 aromatic heterocycles. The molecule has 2 heterocycles.